The van der Waals surface area contributed by atoms with Crippen molar-refractivity contribution >= 4 is 11.6 Å². The van der Waals surface area contributed by atoms with Crippen molar-refractivity contribution in [2.24, 2.45) is 0 Å². The van der Waals surface area contributed by atoms with E-state index in [9.17, 15) is 4.79 Å². The monoisotopic (exact) mass is 223 g/mol. The van der Waals surface area contributed by atoms with Gasteiger partial charge in [0.05, 0.1) is 11.8 Å². The number of amides is 1. The van der Waals surface area contributed by atoms with Crippen LogP contribution in [-0.4, -0.2) is 28.2 Å². The molecule has 1 fully saturated rings. The third-order valence-electron chi connectivity index (χ3n) is 2.60. The molecule has 0 bridgehead atoms. The minimum atomic E-state index is -0.536. The largest absolute Gasteiger partial charge is 0.397 e. The van der Waals surface area contributed by atoms with E-state index < -0.39 is 6.10 Å². The minimum absolute atomic E-state index is 0.176. The summed E-state index contributed by atoms with van der Waals surface area (Å²) in [6.45, 7) is 1.89. The molecule has 0 radical (unpaired) electrons. The summed E-state index contributed by atoms with van der Waals surface area (Å²) in [5.74, 6) is -0.176. The molecule has 1 aliphatic rings. The van der Waals surface area contributed by atoms with Crippen molar-refractivity contribution in [3.05, 3.63) is 18.0 Å². The maximum atomic E-state index is 11.8. The van der Waals surface area contributed by atoms with Crippen LogP contribution in [0.4, 0.5) is 5.69 Å². The molecule has 1 heterocycles. The molecule has 5 heteroatoms. The fraction of sp³-hybridized carbons (Fsp3) is 0.545. The van der Waals surface area contributed by atoms with Crippen LogP contribution in [0.1, 0.15) is 36.3 Å². The number of nitrogen functional groups attached to an aromatic ring is 1. The second kappa shape index (κ2) is 4.17. The van der Waals surface area contributed by atoms with Crippen LogP contribution < -0.4 is 11.1 Å². The second-order valence-corrected chi connectivity index (χ2v) is 4.36. The zero-order chi connectivity index (χ0) is 11.7. The molecule has 1 saturated carbocycles. The van der Waals surface area contributed by atoms with Crippen molar-refractivity contribution in [2.75, 3.05) is 12.3 Å². The quantitative estimate of drug-likeness (QED) is 0.696. The molecule has 1 aromatic heterocycles. The average molecular weight is 223 g/mol. The van der Waals surface area contributed by atoms with Crippen molar-refractivity contribution in [3.8, 4) is 0 Å². The van der Waals surface area contributed by atoms with Crippen LogP contribution in [-0.2, 0) is 0 Å². The van der Waals surface area contributed by atoms with E-state index in [-0.39, 0.29) is 12.5 Å². The molecule has 1 aromatic rings. The number of nitrogens with zero attached hydrogens (tertiary/aromatic N) is 1. The Balaban J connectivity index is 2.09. The van der Waals surface area contributed by atoms with Gasteiger partial charge in [0.1, 0.15) is 5.69 Å². The zero-order valence-corrected chi connectivity index (χ0v) is 9.31. The number of nitrogens with two attached hydrogens (primary N) is 1. The summed E-state index contributed by atoms with van der Waals surface area (Å²) in [4.78, 5) is 11.8. The van der Waals surface area contributed by atoms with Gasteiger partial charge in [0.25, 0.3) is 5.91 Å². The van der Waals surface area contributed by atoms with Crippen molar-refractivity contribution in [3.63, 3.8) is 0 Å². The van der Waals surface area contributed by atoms with Crippen molar-refractivity contribution in [2.45, 2.75) is 31.9 Å². The number of aliphatic hydroxyl groups is 1. The lowest BCUT2D eigenvalue weighted by atomic mass is 10.3. The number of nitrogens with one attached hydrogen (secondary N) is 1. The van der Waals surface area contributed by atoms with Gasteiger partial charge in [-0.25, -0.2) is 0 Å². The Morgan fingerprint density at radius 2 is 2.44 bits per heavy atom. The smallest absolute Gasteiger partial charge is 0.268 e. The van der Waals surface area contributed by atoms with E-state index in [1.165, 1.54) is 0 Å². The molecule has 0 aromatic carbocycles. The number of rotatable bonds is 4. The second-order valence-electron chi connectivity index (χ2n) is 4.36. The number of carbonyl (C=O) groups excluding carboxylic acids is 1. The lowest BCUT2D eigenvalue weighted by molar-refractivity contribution is 0.0914. The summed E-state index contributed by atoms with van der Waals surface area (Å²) in [5.41, 5.74) is 6.88. The van der Waals surface area contributed by atoms with Gasteiger partial charge in [0.15, 0.2) is 0 Å². The van der Waals surface area contributed by atoms with Crippen LogP contribution in [0.25, 0.3) is 0 Å². The van der Waals surface area contributed by atoms with Crippen LogP contribution in [0.3, 0.4) is 0 Å². The molecular formula is C11H17N3O2. The summed E-state index contributed by atoms with van der Waals surface area (Å²) in [5, 5.41) is 11.8. The Morgan fingerprint density at radius 1 is 1.75 bits per heavy atom. The fourth-order valence-corrected chi connectivity index (χ4v) is 1.67. The summed E-state index contributed by atoms with van der Waals surface area (Å²) in [7, 11) is 0. The number of hydrogen-bond donors (Lipinski definition) is 3. The van der Waals surface area contributed by atoms with Gasteiger partial charge in [0, 0.05) is 18.8 Å². The first-order valence-electron chi connectivity index (χ1n) is 5.51. The van der Waals surface area contributed by atoms with E-state index in [2.05, 4.69) is 5.32 Å². The highest BCUT2D eigenvalue weighted by atomic mass is 16.3. The average Bonchev–Trinajstić information content (AvgIpc) is 2.98. The molecule has 1 aliphatic carbocycles. The first-order chi connectivity index (χ1) is 7.58. The Kier molecular flexibility index (Phi) is 2.87. The third-order valence-corrected chi connectivity index (χ3v) is 2.60. The molecule has 1 amide bonds. The first-order valence-corrected chi connectivity index (χ1v) is 5.51. The van der Waals surface area contributed by atoms with E-state index >= 15 is 0 Å². The molecule has 2 rings (SSSR count). The highest BCUT2D eigenvalue weighted by Gasteiger charge is 2.27. The number of carbonyl (C=O) groups is 1. The Hall–Kier alpha value is -1.49. The molecule has 88 valence electrons. The van der Waals surface area contributed by atoms with E-state index in [4.69, 9.17) is 10.8 Å². The third kappa shape index (κ3) is 2.36. The standard InChI is InChI=1S/C11H17N3O2/c1-7(15)5-13-11(16)10-4-8(12)6-14(10)9-2-3-9/h4,6-7,9,15H,2-3,5,12H2,1H3,(H,13,16)/t7-/m1/s1. The van der Waals surface area contributed by atoms with Crippen LogP contribution in [0.2, 0.25) is 0 Å². The van der Waals surface area contributed by atoms with Crippen molar-refractivity contribution < 1.29 is 9.90 Å². The van der Waals surface area contributed by atoms with Gasteiger partial charge in [-0.1, -0.05) is 0 Å². The molecule has 0 aliphatic heterocycles. The normalized spacial score (nSPS) is 17.1. The van der Waals surface area contributed by atoms with E-state index in [0.717, 1.165) is 12.8 Å². The van der Waals surface area contributed by atoms with Crippen LogP contribution in [0, 0.1) is 0 Å². The maximum absolute atomic E-state index is 11.8. The van der Waals surface area contributed by atoms with Gasteiger partial charge in [-0.2, -0.15) is 0 Å². The number of anilines is 1. The van der Waals surface area contributed by atoms with Crippen LogP contribution >= 0.6 is 0 Å². The summed E-state index contributed by atoms with van der Waals surface area (Å²) in [6, 6.07) is 2.10. The molecule has 1 atom stereocenters. The highest BCUT2D eigenvalue weighted by Crippen LogP contribution is 2.37. The SMILES string of the molecule is C[C@@H](O)CNC(=O)c1cc(N)cn1C1CC1. The van der Waals surface area contributed by atoms with E-state index in [1.807, 2.05) is 4.57 Å². The van der Waals surface area contributed by atoms with E-state index in [0.29, 0.717) is 17.4 Å². The van der Waals surface area contributed by atoms with Gasteiger partial charge < -0.3 is 20.7 Å². The van der Waals surface area contributed by atoms with Gasteiger partial charge >= 0.3 is 0 Å². The zero-order valence-electron chi connectivity index (χ0n) is 9.31. The predicted molar refractivity (Wildman–Crippen MR) is 61.1 cm³/mol. The van der Waals surface area contributed by atoms with Gasteiger partial charge in [-0.15, -0.1) is 0 Å². The molecule has 0 spiro atoms. The summed E-state index contributed by atoms with van der Waals surface area (Å²) in [6.07, 6.45) is 3.47. The van der Waals surface area contributed by atoms with Gasteiger partial charge in [-0.05, 0) is 25.8 Å². The predicted octanol–water partition coefficient (Wildman–Crippen LogP) is 0.516. The lowest BCUT2D eigenvalue weighted by Crippen LogP contribution is -2.31. The minimum Gasteiger partial charge on any atom is -0.397 e. The topological polar surface area (TPSA) is 80.3 Å². The van der Waals surface area contributed by atoms with Gasteiger partial charge in [-0.3, -0.25) is 4.79 Å². The van der Waals surface area contributed by atoms with Crippen LogP contribution in [0.5, 0.6) is 0 Å². The highest BCUT2D eigenvalue weighted by molar-refractivity contribution is 5.93. The summed E-state index contributed by atoms with van der Waals surface area (Å²) < 4.78 is 1.92. The maximum Gasteiger partial charge on any atom is 0.268 e. The van der Waals surface area contributed by atoms with Crippen molar-refractivity contribution in [1.82, 2.24) is 9.88 Å². The van der Waals surface area contributed by atoms with Gasteiger partial charge in [0.2, 0.25) is 0 Å². The van der Waals surface area contributed by atoms with Crippen molar-refractivity contribution in [1.29, 1.82) is 0 Å². The molecule has 16 heavy (non-hydrogen) atoms. The Labute approximate surface area is 94.2 Å². The molecule has 5 nitrogen and oxygen atoms in total. The summed E-state index contributed by atoms with van der Waals surface area (Å²) >= 11 is 0. The van der Waals surface area contributed by atoms with Crippen LogP contribution in [0.15, 0.2) is 12.3 Å². The fourth-order valence-electron chi connectivity index (χ4n) is 1.67. The molecule has 0 unspecified atom stereocenters. The Morgan fingerprint density at radius 3 is 3.00 bits per heavy atom. The molecule has 0 saturated heterocycles. The first kappa shape index (κ1) is 11.0. The molecule has 4 N–H and O–H groups in total. The Bertz CT molecular complexity index is 394. The number of aromatic nitrogens is 1. The number of hydrogen-bond acceptors (Lipinski definition) is 3. The molecular weight excluding hydrogens is 206 g/mol. The van der Waals surface area contributed by atoms with E-state index in [1.54, 1.807) is 19.2 Å². The number of aliphatic hydroxyl groups excluding tert-OH is 1. The lowest BCUT2D eigenvalue weighted by Gasteiger charge is -2.09.